The molecule has 2 fully saturated rings. The Bertz CT molecular complexity index is 325. The topological polar surface area (TPSA) is 44.0 Å². The molecule has 0 heterocycles. The van der Waals surface area contributed by atoms with E-state index in [9.17, 15) is 10.4 Å². The molecule has 2 atom stereocenters. The predicted molar refractivity (Wildman–Crippen MR) is 77.6 cm³/mol. The zero-order valence-corrected chi connectivity index (χ0v) is 12.5. The van der Waals surface area contributed by atoms with Gasteiger partial charge >= 0.3 is 0 Å². The average Bonchev–Trinajstić information content (AvgIpc) is 2.39. The van der Waals surface area contributed by atoms with Gasteiger partial charge in [0.05, 0.1) is 17.1 Å². The van der Waals surface area contributed by atoms with Gasteiger partial charge in [-0.2, -0.15) is 5.26 Å². The standard InChI is InChI=1S/C17H29NO/c1-2-15-9-8-12-17(19,13-15)16(14-18)10-6-4-3-5-7-11-16/h15,19H,2-13H2,1H3. The number of rotatable bonds is 2. The average molecular weight is 263 g/mol. The molecule has 0 amide bonds. The van der Waals surface area contributed by atoms with Crippen LogP contribution in [0.1, 0.15) is 84.0 Å². The highest BCUT2D eigenvalue weighted by Gasteiger charge is 2.51. The van der Waals surface area contributed by atoms with Gasteiger partial charge in [0, 0.05) is 0 Å². The molecule has 1 N–H and O–H groups in total. The molecular formula is C17H29NO. The molecule has 0 spiro atoms. The van der Waals surface area contributed by atoms with Gasteiger partial charge in [-0.05, 0) is 31.6 Å². The SMILES string of the molecule is CCC1CCCC(O)(C2(C#N)CCCCCCC2)C1. The van der Waals surface area contributed by atoms with Crippen molar-refractivity contribution in [3.63, 3.8) is 0 Å². The van der Waals surface area contributed by atoms with Gasteiger partial charge in [0.15, 0.2) is 0 Å². The Morgan fingerprint density at radius 2 is 1.68 bits per heavy atom. The van der Waals surface area contributed by atoms with Gasteiger partial charge in [0.1, 0.15) is 0 Å². The first-order valence-electron chi connectivity index (χ1n) is 8.29. The molecule has 0 aliphatic heterocycles. The molecule has 0 aromatic rings. The first-order valence-corrected chi connectivity index (χ1v) is 8.29. The molecule has 0 aromatic carbocycles. The summed E-state index contributed by atoms with van der Waals surface area (Å²) in [6.45, 7) is 2.22. The van der Waals surface area contributed by atoms with Crippen molar-refractivity contribution in [2.45, 2.75) is 89.6 Å². The van der Waals surface area contributed by atoms with Crippen molar-refractivity contribution >= 4 is 0 Å². The van der Waals surface area contributed by atoms with Crippen molar-refractivity contribution in [2.24, 2.45) is 11.3 Å². The summed E-state index contributed by atoms with van der Waals surface area (Å²) in [5.41, 5.74) is -1.17. The number of nitrogens with zero attached hydrogens (tertiary/aromatic N) is 1. The van der Waals surface area contributed by atoms with Crippen LogP contribution >= 0.6 is 0 Å². The molecule has 2 nitrogen and oxygen atoms in total. The summed E-state index contributed by atoms with van der Waals surface area (Å²) < 4.78 is 0. The summed E-state index contributed by atoms with van der Waals surface area (Å²) in [5, 5.41) is 21.1. The van der Waals surface area contributed by atoms with Gasteiger partial charge in [-0.3, -0.25) is 0 Å². The minimum atomic E-state index is -0.710. The number of aliphatic hydroxyl groups is 1. The highest BCUT2D eigenvalue weighted by Crippen LogP contribution is 2.51. The molecule has 2 heteroatoms. The summed E-state index contributed by atoms with van der Waals surface area (Å²) in [6, 6.07) is 2.59. The van der Waals surface area contributed by atoms with E-state index in [-0.39, 0.29) is 0 Å². The Balaban J connectivity index is 2.19. The minimum absolute atomic E-state index is 0.457. The van der Waals surface area contributed by atoms with E-state index < -0.39 is 11.0 Å². The van der Waals surface area contributed by atoms with Crippen LogP contribution in [0.5, 0.6) is 0 Å². The molecule has 19 heavy (non-hydrogen) atoms. The third-order valence-electron chi connectivity index (χ3n) is 5.72. The Labute approximate surface area is 118 Å². The van der Waals surface area contributed by atoms with Crippen molar-refractivity contribution in [1.82, 2.24) is 0 Å². The number of nitriles is 1. The smallest absolute Gasteiger partial charge is 0.0860 e. The second kappa shape index (κ2) is 6.27. The minimum Gasteiger partial charge on any atom is -0.388 e. The van der Waals surface area contributed by atoms with Gasteiger partial charge < -0.3 is 5.11 Å². The Kier molecular flexibility index (Phi) is 4.90. The second-order valence-electron chi connectivity index (χ2n) is 6.86. The van der Waals surface area contributed by atoms with Crippen LogP contribution in [0.15, 0.2) is 0 Å². The third-order valence-corrected chi connectivity index (χ3v) is 5.72. The van der Waals surface area contributed by atoms with E-state index in [1.54, 1.807) is 0 Å². The van der Waals surface area contributed by atoms with E-state index in [1.807, 2.05) is 0 Å². The van der Waals surface area contributed by atoms with Crippen LogP contribution in [0.4, 0.5) is 0 Å². The monoisotopic (exact) mass is 263 g/mol. The maximum atomic E-state index is 11.2. The molecule has 108 valence electrons. The zero-order valence-electron chi connectivity index (χ0n) is 12.5. The summed E-state index contributed by atoms with van der Waals surface area (Å²) >= 11 is 0. The molecule has 0 aromatic heterocycles. The van der Waals surface area contributed by atoms with Gasteiger partial charge in [0.25, 0.3) is 0 Å². The molecular weight excluding hydrogens is 234 g/mol. The van der Waals surface area contributed by atoms with E-state index in [0.29, 0.717) is 5.92 Å². The molecule has 2 aliphatic carbocycles. The third kappa shape index (κ3) is 2.97. The Morgan fingerprint density at radius 3 is 2.26 bits per heavy atom. The first-order chi connectivity index (χ1) is 9.16. The van der Waals surface area contributed by atoms with Crippen LogP contribution in [0.2, 0.25) is 0 Å². The number of hydrogen-bond donors (Lipinski definition) is 1. The van der Waals surface area contributed by atoms with Gasteiger partial charge in [-0.15, -0.1) is 0 Å². The lowest BCUT2D eigenvalue weighted by Crippen LogP contribution is -2.51. The largest absolute Gasteiger partial charge is 0.388 e. The van der Waals surface area contributed by atoms with Crippen molar-refractivity contribution in [2.75, 3.05) is 0 Å². The molecule has 0 radical (unpaired) electrons. The predicted octanol–water partition coefficient (Wildman–Crippen LogP) is 4.57. The molecule has 0 bridgehead atoms. The van der Waals surface area contributed by atoms with Crippen LogP contribution in [0, 0.1) is 22.7 Å². The fraction of sp³-hybridized carbons (Fsp3) is 0.941. The summed E-state index contributed by atoms with van der Waals surface area (Å²) in [7, 11) is 0. The molecule has 0 saturated heterocycles. The molecule has 2 rings (SSSR count). The van der Waals surface area contributed by atoms with E-state index in [1.165, 1.54) is 25.7 Å². The molecule has 2 saturated carbocycles. The lowest BCUT2D eigenvalue weighted by molar-refractivity contribution is -0.106. The fourth-order valence-corrected chi connectivity index (χ4v) is 4.34. The first kappa shape index (κ1) is 14.9. The highest BCUT2D eigenvalue weighted by atomic mass is 16.3. The van der Waals surface area contributed by atoms with Crippen LogP contribution in [-0.4, -0.2) is 10.7 Å². The van der Waals surface area contributed by atoms with E-state index in [2.05, 4.69) is 13.0 Å². The Morgan fingerprint density at radius 1 is 1.05 bits per heavy atom. The van der Waals surface area contributed by atoms with Gasteiger partial charge in [-0.25, -0.2) is 0 Å². The fourth-order valence-electron chi connectivity index (χ4n) is 4.34. The summed E-state index contributed by atoms with van der Waals surface area (Å²) in [6.07, 6.45) is 13.0. The van der Waals surface area contributed by atoms with E-state index >= 15 is 0 Å². The second-order valence-corrected chi connectivity index (χ2v) is 6.86. The van der Waals surface area contributed by atoms with Crippen molar-refractivity contribution < 1.29 is 5.11 Å². The lowest BCUT2D eigenvalue weighted by Gasteiger charge is -2.48. The van der Waals surface area contributed by atoms with Crippen molar-refractivity contribution in [3.05, 3.63) is 0 Å². The van der Waals surface area contributed by atoms with Gasteiger partial charge in [-0.1, -0.05) is 58.3 Å². The normalized spacial score (nSPS) is 35.9. The van der Waals surface area contributed by atoms with Crippen LogP contribution in [-0.2, 0) is 0 Å². The summed E-state index contributed by atoms with van der Waals surface area (Å²) in [5.74, 6) is 0.620. The lowest BCUT2D eigenvalue weighted by atomic mass is 9.59. The van der Waals surface area contributed by atoms with Crippen molar-refractivity contribution in [3.8, 4) is 6.07 Å². The number of hydrogen-bond acceptors (Lipinski definition) is 2. The Hall–Kier alpha value is -0.550. The maximum absolute atomic E-state index is 11.2. The zero-order chi connectivity index (χ0) is 13.8. The van der Waals surface area contributed by atoms with E-state index in [0.717, 1.165) is 51.4 Å². The molecule has 2 unspecified atom stereocenters. The van der Waals surface area contributed by atoms with Crippen molar-refractivity contribution in [1.29, 1.82) is 5.26 Å². The quantitative estimate of drug-likeness (QED) is 0.793. The van der Waals surface area contributed by atoms with E-state index in [4.69, 9.17) is 0 Å². The van der Waals surface area contributed by atoms with Crippen LogP contribution in [0.25, 0.3) is 0 Å². The molecule has 2 aliphatic rings. The van der Waals surface area contributed by atoms with Gasteiger partial charge in [0.2, 0.25) is 0 Å². The van der Waals surface area contributed by atoms with Crippen LogP contribution < -0.4 is 0 Å². The maximum Gasteiger partial charge on any atom is 0.0860 e. The summed E-state index contributed by atoms with van der Waals surface area (Å²) in [4.78, 5) is 0. The van der Waals surface area contributed by atoms with Crippen LogP contribution in [0.3, 0.4) is 0 Å². The highest BCUT2D eigenvalue weighted by molar-refractivity contribution is 5.13.